The highest BCUT2D eigenvalue weighted by atomic mass is 32.2. The summed E-state index contributed by atoms with van der Waals surface area (Å²) in [5, 5.41) is 20.3. The number of carbonyl (C=O) groups excluding carboxylic acids is 1. The van der Waals surface area contributed by atoms with E-state index in [0.29, 0.717) is 5.56 Å². The molecule has 2 aromatic carbocycles. The molecule has 1 aromatic heterocycles. The van der Waals surface area contributed by atoms with Crippen LogP contribution in [0.25, 0.3) is 11.1 Å². The third kappa shape index (κ3) is 3.92. The summed E-state index contributed by atoms with van der Waals surface area (Å²) >= 11 is 0. The third-order valence-electron chi connectivity index (χ3n) is 4.07. The summed E-state index contributed by atoms with van der Waals surface area (Å²) in [6.07, 6.45) is 0.435. The Labute approximate surface area is 161 Å². The molecule has 0 amide bonds. The van der Waals surface area contributed by atoms with Crippen molar-refractivity contribution in [1.29, 1.82) is 0 Å². The van der Waals surface area contributed by atoms with E-state index in [1.807, 2.05) is 0 Å². The van der Waals surface area contributed by atoms with Gasteiger partial charge in [0.2, 0.25) is 9.84 Å². The largest absolute Gasteiger partial charge is 0.506 e. The minimum absolute atomic E-state index is 0.0285. The number of hydrogen-bond donors (Lipinski definition) is 2. The van der Waals surface area contributed by atoms with E-state index in [-0.39, 0.29) is 21.8 Å². The number of furan rings is 1. The Morgan fingerprint density at radius 3 is 2.46 bits per heavy atom. The number of rotatable bonds is 6. The lowest BCUT2D eigenvalue weighted by Crippen LogP contribution is -2.15. The number of aliphatic hydroxyl groups is 1. The number of benzene rings is 2. The van der Waals surface area contributed by atoms with Crippen molar-refractivity contribution < 1.29 is 32.6 Å². The van der Waals surface area contributed by atoms with Gasteiger partial charge in [-0.2, -0.15) is 0 Å². The second kappa shape index (κ2) is 7.87. The molecule has 0 aliphatic heterocycles. The molecule has 7 nitrogen and oxygen atoms in total. The van der Waals surface area contributed by atoms with Crippen LogP contribution >= 0.6 is 0 Å². The SMILES string of the molecule is CC(O)c1occc1-c1cccc(C(=O)OCS(=O)(=O)c2ccccc2)c1O. The fourth-order valence-corrected chi connectivity index (χ4v) is 3.67. The Bertz CT molecular complexity index is 1080. The monoisotopic (exact) mass is 402 g/mol. The number of para-hydroxylation sites is 1. The highest BCUT2D eigenvalue weighted by Crippen LogP contribution is 2.37. The van der Waals surface area contributed by atoms with Crippen LogP contribution in [0.1, 0.15) is 29.1 Å². The Balaban J connectivity index is 1.84. The molecule has 2 N–H and O–H groups in total. The third-order valence-corrected chi connectivity index (χ3v) is 5.49. The first kappa shape index (κ1) is 19.7. The van der Waals surface area contributed by atoms with E-state index in [1.54, 1.807) is 30.3 Å². The average Bonchev–Trinajstić information content (AvgIpc) is 3.17. The fraction of sp³-hybridized carbons (Fsp3) is 0.150. The first-order valence-corrected chi connectivity index (χ1v) is 9.99. The molecular weight excluding hydrogens is 384 g/mol. The number of hydrogen-bond acceptors (Lipinski definition) is 7. The normalized spacial score (nSPS) is 12.5. The maximum atomic E-state index is 12.4. The van der Waals surface area contributed by atoms with Gasteiger partial charge in [-0.05, 0) is 31.2 Å². The smallest absolute Gasteiger partial charge is 0.342 e. The predicted octanol–water partition coefficient (Wildman–Crippen LogP) is 3.29. The van der Waals surface area contributed by atoms with E-state index in [2.05, 4.69) is 0 Å². The van der Waals surface area contributed by atoms with E-state index < -0.39 is 33.6 Å². The summed E-state index contributed by atoms with van der Waals surface area (Å²) in [4.78, 5) is 12.4. The number of aliphatic hydroxyl groups excluding tert-OH is 1. The minimum atomic E-state index is -3.82. The summed E-state index contributed by atoms with van der Waals surface area (Å²) in [5.74, 6) is -2.01. The van der Waals surface area contributed by atoms with E-state index >= 15 is 0 Å². The quantitative estimate of drug-likeness (QED) is 0.608. The number of carbonyl (C=O) groups is 1. The molecule has 146 valence electrons. The van der Waals surface area contributed by atoms with Crippen LogP contribution in [-0.4, -0.2) is 30.5 Å². The molecular formula is C20H18O7S. The maximum absolute atomic E-state index is 12.4. The zero-order valence-corrected chi connectivity index (χ0v) is 15.7. The summed E-state index contributed by atoms with van der Waals surface area (Å²) in [5.41, 5.74) is 0.475. The van der Waals surface area contributed by atoms with Crippen molar-refractivity contribution in [2.45, 2.75) is 17.9 Å². The van der Waals surface area contributed by atoms with E-state index in [4.69, 9.17) is 9.15 Å². The summed E-state index contributed by atoms with van der Waals surface area (Å²) in [6, 6.07) is 13.5. The van der Waals surface area contributed by atoms with Gasteiger partial charge >= 0.3 is 5.97 Å². The lowest BCUT2D eigenvalue weighted by molar-refractivity contribution is 0.0568. The number of ether oxygens (including phenoxy) is 1. The first-order chi connectivity index (χ1) is 13.3. The van der Waals surface area contributed by atoms with Gasteiger partial charge in [-0.3, -0.25) is 0 Å². The van der Waals surface area contributed by atoms with Crippen molar-refractivity contribution in [1.82, 2.24) is 0 Å². The minimum Gasteiger partial charge on any atom is -0.506 e. The molecule has 1 heterocycles. The van der Waals surface area contributed by atoms with Gasteiger partial charge in [-0.15, -0.1) is 0 Å². The number of phenolic OH excluding ortho intramolecular Hbond substituents is 1. The van der Waals surface area contributed by atoms with Crippen LogP contribution in [0, 0.1) is 0 Å². The number of esters is 1. The molecule has 28 heavy (non-hydrogen) atoms. The van der Waals surface area contributed by atoms with Crippen LogP contribution in [0.2, 0.25) is 0 Å². The van der Waals surface area contributed by atoms with Gasteiger partial charge in [-0.1, -0.05) is 30.3 Å². The number of aromatic hydroxyl groups is 1. The Hall–Kier alpha value is -3.10. The second-order valence-electron chi connectivity index (χ2n) is 6.05. The second-order valence-corrected chi connectivity index (χ2v) is 7.99. The molecule has 8 heteroatoms. The summed E-state index contributed by atoms with van der Waals surface area (Å²) in [6.45, 7) is 1.51. The average molecular weight is 402 g/mol. The van der Waals surface area contributed by atoms with E-state index in [1.165, 1.54) is 37.5 Å². The number of phenols is 1. The van der Waals surface area contributed by atoms with Gasteiger partial charge in [0.1, 0.15) is 23.2 Å². The molecule has 0 aliphatic carbocycles. The Morgan fingerprint density at radius 1 is 1.07 bits per heavy atom. The molecule has 0 bridgehead atoms. The van der Waals surface area contributed by atoms with E-state index in [9.17, 15) is 23.4 Å². The molecule has 0 radical (unpaired) electrons. The molecule has 0 aliphatic rings. The molecule has 0 fully saturated rings. The lowest BCUT2D eigenvalue weighted by atomic mass is 10.0. The Morgan fingerprint density at radius 2 is 1.79 bits per heavy atom. The van der Waals surface area contributed by atoms with Crippen LogP contribution in [0.3, 0.4) is 0 Å². The van der Waals surface area contributed by atoms with Crippen LogP contribution in [-0.2, 0) is 14.6 Å². The maximum Gasteiger partial charge on any atom is 0.342 e. The van der Waals surface area contributed by atoms with Gasteiger partial charge in [-0.25, -0.2) is 13.2 Å². The van der Waals surface area contributed by atoms with Gasteiger partial charge in [0.25, 0.3) is 0 Å². The lowest BCUT2D eigenvalue weighted by Gasteiger charge is -2.11. The van der Waals surface area contributed by atoms with Crippen LogP contribution in [0.5, 0.6) is 5.75 Å². The van der Waals surface area contributed by atoms with Crippen molar-refractivity contribution in [3.05, 3.63) is 72.2 Å². The van der Waals surface area contributed by atoms with Crippen molar-refractivity contribution >= 4 is 15.8 Å². The summed E-state index contributed by atoms with van der Waals surface area (Å²) in [7, 11) is -3.82. The fourth-order valence-electron chi connectivity index (χ4n) is 2.70. The van der Waals surface area contributed by atoms with Gasteiger partial charge < -0.3 is 19.4 Å². The van der Waals surface area contributed by atoms with Crippen molar-refractivity contribution in [2.24, 2.45) is 0 Å². The van der Waals surface area contributed by atoms with Crippen molar-refractivity contribution in [2.75, 3.05) is 5.94 Å². The molecule has 0 spiro atoms. The van der Waals surface area contributed by atoms with Crippen molar-refractivity contribution in [3.8, 4) is 16.9 Å². The zero-order valence-electron chi connectivity index (χ0n) is 14.9. The first-order valence-electron chi connectivity index (χ1n) is 8.34. The van der Waals surface area contributed by atoms with Crippen molar-refractivity contribution in [3.63, 3.8) is 0 Å². The van der Waals surface area contributed by atoms with Gasteiger partial charge in [0.15, 0.2) is 5.94 Å². The molecule has 1 atom stereocenters. The van der Waals surface area contributed by atoms with Gasteiger partial charge in [0.05, 0.1) is 11.2 Å². The highest BCUT2D eigenvalue weighted by molar-refractivity contribution is 7.91. The predicted molar refractivity (Wildman–Crippen MR) is 100 cm³/mol. The van der Waals surface area contributed by atoms with E-state index in [0.717, 1.165) is 0 Å². The topological polar surface area (TPSA) is 114 Å². The highest BCUT2D eigenvalue weighted by Gasteiger charge is 2.23. The molecule has 1 unspecified atom stereocenters. The molecule has 0 saturated carbocycles. The molecule has 0 saturated heterocycles. The molecule has 3 rings (SSSR count). The summed E-state index contributed by atoms with van der Waals surface area (Å²) < 4.78 is 34.6. The van der Waals surface area contributed by atoms with Gasteiger partial charge in [0, 0.05) is 11.1 Å². The number of sulfone groups is 1. The van der Waals surface area contributed by atoms with Crippen LogP contribution in [0.4, 0.5) is 0 Å². The van der Waals surface area contributed by atoms with Crippen LogP contribution in [0.15, 0.2) is 70.2 Å². The zero-order chi connectivity index (χ0) is 20.3. The van der Waals surface area contributed by atoms with Crippen LogP contribution < -0.4 is 0 Å². The molecule has 3 aromatic rings. The standard InChI is InChI=1S/C20H18O7S/c1-13(21)19-16(10-11-26-19)15-8-5-9-17(18(15)22)20(23)27-12-28(24,25)14-6-3-2-4-7-14/h2-11,13,21-22H,12H2,1H3. The Kier molecular flexibility index (Phi) is 5.53.